The predicted octanol–water partition coefficient (Wildman–Crippen LogP) is 1.52. The van der Waals surface area contributed by atoms with Crippen LogP contribution in [0.25, 0.3) is 0 Å². The molecule has 23 heavy (non-hydrogen) atoms. The highest BCUT2D eigenvalue weighted by molar-refractivity contribution is 7.89. The molecule has 2 heterocycles. The molecular weight excluding hydrogens is 334 g/mol. The quantitative estimate of drug-likeness (QED) is 0.836. The summed E-state index contributed by atoms with van der Waals surface area (Å²) in [6, 6.07) is 6.00. The van der Waals surface area contributed by atoms with E-state index < -0.39 is 10.0 Å². The molecule has 5 nitrogen and oxygen atoms in total. The number of halogens is 1. The first kappa shape index (κ1) is 18.7. The van der Waals surface area contributed by atoms with Crippen LogP contribution in [0.4, 0.5) is 0 Å². The Morgan fingerprint density at radius 3 is 2.91 bits per heavy atom. The highest BCUT2D eigenvalue weighted by Gasteiger charge is 2.22. The Kier molecular flexibility index (Phi) is 6.45. The van der Waals surface area contributed by atoms with Crippen molar-refractivity contribution < 1.29 is 8.42 Å². The fraction of sp³-hybridized carbons (Fsp3) is 0.625. The first-order valence-electron chi connectivity index (χ1n) is 8.09. The number of nitrogens with one attached hydrogen (secondary N) is 2. The van der Waals surface area contributed by atoms with Crippen molar-refractivity contribution >= 4 is 22.4 Å². The second-order valence-electron chi connectivity index (χ2n) is 6.32. The summed E-state index contributed by atoms with van der Waals surface area (Å²) in [6.07, 6.45) is 4.23. The Morgan fingerprint density at radius 2 is 2.17 bits per heavy atom. The molecule has 3 rings (SSSR count). The number of nitrogens with zero attached hydrogens (tertiary/aromatic N) is 1. The molecule has 2 aliphatic rings. The average Bonchev–Trinajstić information content (AvgIpc) is 2.92. The van der Waals surface area contributed by atoms with Gasteiger partial charge in [-0.3, -0.25) is 0 Å². The fourth-order valence-corrected chi connectivity index (χ4v) is 4.51. The molecule has 0 aliphatic carbocycles. The van der Waals surface area contributed by atoms with Crippen LogP contribution in [0.5, 0.6) is 0 Å². The summed E-state index contributed by atoms with van der Waals surface area (Å²) < 4.78 is 27.6. The highest BCUT2D eigenvalue weighted by Crippen LogP contribution is 2.20. The zero-order valence-electron chi connectivity index (χ0n) is 13.5. The molecule has 1 fully saturated rings. The lowest BCUT2D eigenvalue weighted by atomic mass is 10.0. The summed E-state index contributed by atoms with van der Waals surface area (Å²) in [5.74, 6) is 0. The van der Waals surface area contributed by atoms with E-state index in [-0.39, 0.29) is 12.4 Å². The van der Waals surface area contributed by atoms with Gasteiger partial charge in [-0.2, -0.15) is 0 Å². The third-order valence-electron chi connectivity index (χ3n) is 4.82. The minimum absolute atomic E-state index is 0. The van der Waals surface area contributed by atoms with Gasteiger partial charge in [0, 0.05) is 19.1 Å². The Morgan fingerprint density at radius 1 is 1.35 bits per heavy atom. The Labute approximate surface area is 145 Å². The monoisotopic (exact) mass is 359 g/mol. The first-order chi connectivity index (χ1) is 10.6. The van der Waals surface area contributed by atoms with Crippen molar-refractivity contribution in [2.24, 2.45) is 0 Å². The van der Waals surface area contributed by atoms with Crippen LogP contribution < -0.4 is 10.0 Å². The number of sulfonamides is 1. The number of benzene rings is 1. The molecule has 1 aromatic rings. The molecule has 1 unspecified atom stereocenters. The molecule has 0 radical (unpaired) electrons. The van der Waals surface area contributed by atoms with Gasteiger partial charge in [0.25, 0.3) is 0 Å². The van der Waals surface area contributed by atoms with Gasteiger partial charge in [0.2, 0.25) is 10.0 Å². The predicted molar refractivity (Wildman–Crippen MR) is 94.6 cm³/mol. The lowest BCUT2D eigenvalue weighted by Crippen LogP contribution is -2.32. The Hall–Kier alpha value is -0.660. The van der Waals surface area contributed by atoms with E-state index in [1.165, 1.54) is 18.4 Å². The van der Waals surface area contributed by atoms with Crippen LogP contribution >= 0.6 is 12.4 Å². The van der Waals surface area contributed by atoms with E-state index in [4.69, 9.17) is 0 Å². The van der Waals surface area contributed by atoms with E-state index in [0.717, 1.165) is 38.0 Å². The normalized spacial score (nSPS) is 21.7. The maximum Gasteiger partial charge on any atom is 0.240 e. The van der Waals surface area contributed by atoms with Crippen LogP contribution in [0, 0.1) is 0 Å². The van der Waals surface area contributed by atoms with Crippen LogP contribution in [-0.4, -0.2) is 46.0 Å². The SMILES string of the molecule is CN1CCCC1CCNS(=O)(=O)c1ccc2c(c1)CNCC2.Cl. The molecule has 2 N–H and O–H groups in total. The molecule has 1 saturated heterocycles. The van der Waals surface area contributed by atoms with Crippen LogP contribution in [0.15, 0.2) is 23.1 Å². The number of hydrogen-bond donors (Lipinski definition) is 2. The number of likely N-dealkylation sites (tertiary alicyclic amines) is 1. The maximum absolute atomic E-state index is 12.4. The molecule has 0 bridgehead atoms. The number of rotatable bonds is 5. The summed E-state index contributed by atoms with van der Waals surface area (Å²) in [7, 11) is -1.29. The summed E-state index contributed by atoms with van der Waals surface area (Å²) >= 11 is 0. The van der Waals surface area contributed by atoms with Gasteiger partial charge >= 0.3 is 0 Å². The van der Waals surface area contributed by atoms with Crippen LogP contribution in [0.1, 0.15) is 30.4 Å². The van der Waals surface area contributed by atoms with Gasteiger partial charge in [0.1, 0.15) is 0 Å². The maximum atomic E-state index is 12.4. The van der Waals surface area contributed by atoms with Crippen molar-refractivity contribution in [1.82, 2.24) is 14.9 Å². The van der Waals surface area contributed by atoms with Crippen molar-refractivity contribution in [3.63, 3.8) is 0 Å². The Bertz CT molecular complexity index is 636. The molecule has 0 saturated carbocycles. The molecule has 7 heteroatoms. The highest BCUT2D eigenvalue weighted by atomic mass is 35.5. The second-order valence-corrected chi connectivity index (χ2v) is 8.09. The zero-order valence-corrected chi connectivity index (χ0v) is 15.2. The third kappa shape index (κ3) is 4.45. The molecule has 1 atom stereocenters. The number of hydrogen-bond acceptors (Lipinski definition) is 4. The second kappa shape index (κ2) is 7.94. The van der Waals surface area contributed by atoms with Gasteiger partial charge < -0.3 is 10.2 Å². The van der Waals surface area contributed by atoms with E-state index in [0.29, 0.717) is 17.5 Å². The van der Waals surface area contributed by atoms with Crippen LogP contribution in [-0.2, 0) is 23.0 Å². The summed E-state index contributed by atoms with van der Waals surface area (Å²) in [5.41, 5.74) is 2.36. The molecule has 130 valence electrons. The van der Waals surface area contributed by atoms with E-state index in [1.54, 1.807) is 6.07 Å². The lowest BCUT2D eigenvalue weighted by molar-refractivity contribution is 0.297. The van der Waals surface area contributed by atoms with Crippen LogP contribution in [0.3, 0.4) is 0 Å². The van der Waals surface area contributed by atoms with Gasteiger partial charge in [-0.25, -0.2) is 13.1 Å². The molecule has 1 aromatic carbocycles. The number of fused-ring (bicyclic) bond motifs is 1. The minimum Gasteiger partial charge on any atom is -0.312 e. The van der Waals surface area contributed by atoms with Gasteiger partial charge in [-0.1, -0.05) is 6.07 Å². The average molecular weight is 360 g/mol. The van der Waals surface area contributed by atoms with Gasteiger partial charge in [-0.15, -0.1) is 12.4 Å². The minimum atomic E-state index is -3.40. The van der Waals surface area contributed by atoms with Crippen LogP contribution in [0.2, 0.25) is 0 Å². The van der Waals surface area contributed by atoms with Crippen molar-refractivity contribution in [2.75, 3.05) is 26.7 Å². The largest absolute Gasteiger partial charge is 0.312 e. The molecule has 0 amide bonds. The molecule has 0 spiro atoms. The third-order valence-corrected chi connectivity index (χ3v) is 6.27. The summed E-state index contributed by atoms with van der Waals surface area (Å²) in [5, 5.41) is 3.28. The van der Waals surface area contributed by atoms with Crippen molar-refractivity contribution in [3.05, 3.63) is 29.3 Å². The molecule has 0 aromatic heterocycles. The molecular formula is C16H26ClN3O2S. The van der Waals surface area contributed by atoms with E-state index in [2.05, 4.69) is 22.0 Å². The van der Waals surface area contributed by atoms with Crippen molar-refractivity contribution in [1.29, 1.82) is 0 Å². The van der Waals surface area contributed by atoms with Crippen molar-refractivity contribution in [2.45, 2.75) is 43.2 Å². The van der Waals surface area contributed by atoms with Crippen molar-refractivity contribution in [3.8, 4) is 0 Å². The topological polar surface area (TPSA) is 61.4 Å². The Balaban J connectivity index is 0.00000192. The van der Waals surface area contributed by atoms with Gasteiger partial charge in [0.15, 0.2) is 0 Å². The lowest BCUT2D eigenvalue weighted by Gasteiger charge is -2.20. The van der Waals surface area contributed by atoms with E-state index in [9.17, 15) is 8.42 Å². The zero-order chi connectivity index (χ0) is 15.6. The smallest absolute Gasteiger partial charge is 0.240 e. The van der Waals surface area contributed by atoms with E-state index >= 15 is 0 Å². The summed E-state index contributed by atoms with van der Waals surface area (Å²) in [6.45, 7) is 3.35. The summed E-state index contributed by atoms with van der Waals surface area (Å²) in [4.78, 5) is 2.70. The van der Waals surface area contributed by atoms with E-state index in [1.807, 2.05) is 12.1 Å². The van der Waals surface area contributed by atoms with Gasteiger partial charge in [-0.05, 0) is 69.1 Å². The molecule has 2 aliphatic heterocycles. The fourth-order valence-electron chi connectivity index (χ4n) is 3.41. The standard InChI is InChI=1S/C16H25N3O2S.ClH/c1-19-10-2-3-15(19)7-9-18-22(20,21)16-5-4-13-6-8-17-12-14(13)11-16;/h4-5,11,15,17-18H,2-3,6-10,12H2,1H3;1H. The first-order valence-corrected chi connectivity index (χ1v) is 9.57. The van der Waals surface area contributed by atoms with Gasteiger partial charge in [0.05, 0.1) is 4.90 Å².